The Morgan fingerprint density at radius 2 is 1.95 bits per heavy atom. The third-order valence-electron chi connectivity index (χ3n) is 2.92. The maximum atomic E-state index is 6.05. The Kier molecular flexibility index (Phi) is 7.77. The van der Waals surface area contributed by atoms with Crippen molar-refractivity contribution in [2.45, 2.75) is 45.8 Å². The van der Waals surface area contributed by atoms with Gasteiger partial charge in [0.1, 0.15) is 0 Å². The summed E-state index contributed by atoms with van der Waals surface area (Å²) in [5.74, 6) is 0. The molecule has 1 rings (SSSR count). The fourth-order valence-corrected chi connectivity index (χ4v) is 2.20. The van der Waals surface area contributed by atoms with Crippen LogP contribution in [-0.2, 0) is 4.74 Å². The number of hydrogen-bond donors (Lipinski definition) is 1. The van der Waals surface area contributed by atoms with Gasteiger partial charge in [0.15, 0.2) is 0 Å². The Hall–Kier alpha value is -0.280. The van der Waals surface area contributed by atoms with Gasteiger partial charge in [-0.05, 0) is 50.9 Å². The highest BCUT2D eigenvalue weighted by molar-refractivity contribution is 6.42. The molecular formula is C15H23Cl2NO. The van der Waals surface area contributed by atoms with Crippen LogP contribution in [0.25, 0.3) is 0 Å². The topological polar surface area (TPSA) is 21.3 Å². The van der Waals surface area contributed by atoms with Crippen molar-refractivity contribution < 1.29 is 4.74 Å². The lowest BCUT2D eigenvalue weighted by Crippen LogP contribution is -2.23. The van der Waals surface area contributed by atoms with E-state index in [0.717, 1.165) is 26.0 Å². The van der Waals surface area contributed by atoms with Gasteiger partial charge in [-0.15, -0.1) is 0 Å². The zero-order chi connectivity index (χ0) is 14.3. The van der Waals surface area contributed by atoms with Crippen LogP contribution in [-0.4, -0.2) is 19.3 Å². The highest BCUT2D eigenvalue weighted by atomic mass is 35.5. The molecule has 0 amide bonds. The third kappa shape index (κ3) is 6.13. The number of benzene rings is 1. The maximum Gasteiger partial charge on any atom is 0.0595 e. The highest BCUT2D eigenvalue weighted by Crippen LogP contribution is 2.26. The van der Waals surface area contributed by atoms with Gasteiger partial charge in [0.25, 0.3) is 0 Å². The summed E-state index contributed by atoms with van der Waals surface area (Å²) in [4.78, 5) is 0. The predicted molar refractivity (Wildman–Crippen MR) is 83.2 cm³/mol. The van der Waals surface area contributed by atoms with Crippen LogP contribution in [0.5, 0.6) is 0 Å². The third-order valence-corrected chi connectivity index (χ3v) is 3.66. The van der Waals surface area contributed by atoms with E-state index in [1.807, 2.05) is 18.2 Å². The minimum Gasteiger partial charge on any atom is -0.379 e. The lowest BCUT2D eigenvalue weighted by Gasteiger charge is -2.18. The van der Waals surface area contributed by atoms with Gasteiger partial charge < -0.3 is 10.1 Å². The summed E-state index contributed by atoms with van der Waals surface area (Å²) in [7, 11) is 0. The van der Waals surface area contributed by atoms with E-state index < -0.39 is 0 Å². The van der Waals surface area contributed by atoms with Crippen molar-refractivity contribution in [2.24, 2.45) is 0 Å². The molecule has 1 aromatic carbocycles. The first-order valence-electron chi connectivity index (χ1n) is 6.84. The molecule has 2 nitrogen and oxygen atoms in total. The summed E-state index contributed by atoms with van der Waals surface area (Å²) in [6.45, 7) is 7.99. The van der Waals surface area contributed by atoms with E-state index in [2.05, 4.69) is 26.1 Å². The standard InChI is InChI=1S/C15H23Cl2NO/c1-4-15(18-8-5-9-19-11(2)3)12-6-7-13(16)14(17)10-12/h6-7,10-11,15,18H,4-5,8-9H2,1-3H3. The summed E-state index contributed by atoms with van der Waals surface area (Å²) in [5.41, 5.74) is 1.18. The molecular weight excluding hydrogens is 281 g/mol. The number of nitrogens with one attached hydrogen (secondary N) is 1. The molecule has 0 saturated carbocycles. The van der Waals surface area contributed by atoms with E-state index in [1.165, 1.54) is 5.56 Å². The fourth-order valence-electron chi connectivity index (χ4n) is 1.89. The molecule has 0 aromatic heterocycles. The summed E-state index contributed by atoms with van der Waals surface area (Å²) in [5, 5.41) is 4.74. The molecule has 1 atom stereocenters. The molecule has 1 aromatic rings. The summed E-state index contributed by atoms with van der Waals surface area (Å²) in [6.07, 6.45) is 2.33. The second-order valence-corrected chi connectivity index (χ2v) is 5.68. The second kappa shape index (κ2) is 8.80. The Labute approximate surface area is 126 Å². The van der Waals surface area contributed by atoms with Crippen molar-refractivity contribution in [3.05, 3.63) is 33.8 Å². The molecule has 0 aliphatic carbocycles. The Bertz CT molecular complexity index is 382. The van der Waals surface area contributed by atoms with E-state index >= 15 is 0 Å². The van der Waals surface area contributed by atoms with Gasteiger partial charge in [-0.3, -0.25) is 0 Å². The largest absolute Gasteiger partial charge is 0.379 e. The lowest BCUT2D eigenvalue weighted by atomic mass is 10.0. The summed E-state index contributed by atoms with van der Waals surface area (Å²) in [6, 6.07) is 6.13. The van der Waals surface area contributed by atoms with Gasteiger partial charge in [-0.25, -0.2) is 0 Å². The smallest absolute Gasteiger partial charge is 0.0595 e. The Morgan fingerprint density at radius 1 is 1.21 bits per heavy atom. The highest BCUT2D eigenvalue weighted by Gasteiger charge is 2.10. The van der Waals surface area contributed by atoms with Crippen molar-refractivity contribution in [2.75, 3.05) is 13.2 Å². The maximum absolute atomic E-state index is 6.05. The van der Waals surface area contributed by atoms with Crippen LogP contribution in [0.1, 0.15) is 45.2 Å². The van der Waals surface area contributed by atoms with Gasteiger partial charge in [-0.1, -0.05) is 36.2 Å². The van der Waals surface area contributed by atoms with Crippen molar-refractivity contribution in [3.8, 4) is 0 Å². The van der Waals surface area contributed by atoms with Gasteiger partial charge in [0.2, 0.25) is 0 Å². The molecule has 0 spiro atoms. The average molecular weight is 304 g/mol. The number of halogens is 2. The zero-order valence-corrected chi connectivity index (χ0v) is 13.4. The molecule has 108 valence electrons. The average Bonchev–Trinajstić information content (AvgIpc) is 2.37. The van der Waals surface area contributed by atoms with E-state index in [1.54, 1.807) is 0 Å². The normalized spacial score (nSPS) is 12.9. The second-order valence-electron chi connectivity index (χ2n) is 4.86. The van der Waals surface area contributed by atoms with Gasteiger partial charge >= 0.3 is 0 Å². The monoisotopic (exact) mass is 303 g/mol. The lowest BCUT2D eigenvalue weighted by molar-refractivity contribution is 0.0767. The zero-order valence-electron chi connectivity index (χ0n) is 11.9. The first-order valence-corrected chi connectivity index (χ1v) is 7.60. The van der Waals surface area contributed by atoms with Crippen molar-refractivity contribution in [3.63, 3.8) is 0 Å². The van der Waals surface area contributed by atoms with Crippen molar-refractivity contribution in [1.82, 2.24) is 5.32 Å². The summed E-state index contributed by atoms with van der Waals surface area (Å²) < 4.78 is 5.52. The molecule has 0 saturated heterocycles. The quantitative estimate of drug-likeness (QED) is 0.693. The molecule has 0 radical (unpaired) electrons. The van der Waals surface area contributed by atoms with Crippen LogP contribution >= 0.6 is 23.2 Å². The molecule has 0 bridgehead atoms. The molecule has 19 heavy (non-hydrogen) atoms. The van der Waals surface area contributed by atoms with Crippen LogP contribution in [0.3, 0.4) is 0 Å². The van der Waals surface area contributed by atoms with Gasteiger partial charge in [0.05, 0.1) is 16.1 Å². The number of ether oxygens (including phenoxy) is 1. The summed E-state index contributed by atoms with van der Waals surface area (Å²) >= 11 is 12.0. The molecule has 0 heterocycles. The fraction of sp³-hybridized carbons (Fsp3) is 0.600. The van der Waals surface area contributed by atoms with Crippen LogP contribution in [0.2, 0.25) is 10.0 Å². The van der Waals surface area contributed by atoms with Crippen LogP contribution in [0.15, 0.2) is 18.2 Å². The van der Waals surface area contributed by atoms with E-state index in [0.29, 0.717) is 22.2 Å². The van der Waals surface area contributed by atoms with Crippen LogP contribution in [0.4, 0.5) is 0 Å². The van der Waals surface area contributed by atoms with Crippen LogP contribution < -0.4 is 5.32 Å². The number of hydrogen-bond acceptors (Lipinski definition) is 2. The first kappa shape index (κ1) is 16.8. The van der Waals surface area contributed by atoms with Gasteiger partial charge in [0, 0.05) is 12.6 Å². The minimum atomic E-state index is 0.303. The van der Waals surface area contributed by atoms with Crippen molar-refractivity contribution >= 4 is 23.2 Å². The van der Waals surface area contributed by atoms with Gasteiger partial charge in [-0.2, -0.15) is 0 Å². The Balaban J connectivity index is 2.42. The molecule has 0 fully saturated rings. The molecule has 1 N–H and O–H groups in total. The minimum absolute atomic E-state index is 0.303. The predicted octanol–water partition coefficient (Wildman–Crippen LogP) is 4.85. The van der Waals surface area contributed by atoms with Crippen LogP contribution in [0, 0.1) is 0 Å². The molecule has 4 heteroatoms. The number of rotatable bonds is 8. The first-order chi connectivity index (χ1) is 9.04. The van der Waals surface area contributed by atoms with E-state index in [4.69, 9.17) is 27.9 Å². The van der Waals surface area contributed by atoms with E-state index in [9.17, 15) is 0 Å². The molecule has 0 aliphatic heterocycles. The molecule has 1 unspecified atom stereocenters. The SMILES string of the molecule is CCC(NCCCOC(C)C)c1ccc(Cl)c(Cl)c1. The van der Waals surface area contributed by atoms with Crippen molar-refractivity contribution in [1.29, 1.82) is 0 Å². The Morgan fingerprint density at radius 3 is 2.53 bits per heavy atom. The molecule has 0 aliphatic rings. The van der Waals surface area contributed by atoms with E-state index in [-0.39, 0.29) is 0 Å².